The zero-order chi connectivity index (χ0) is 20.2. The maximum absolute atomic E-state index is 2.81. The van der Waals surface area contributed by atoms with Crippen molar-refractivity contribution in [1.29, 1.82) is 0 Å². The van der Waals surface area contributed by atoms with E-state index in [9.17, 15) is 0 Å². The second kappa shape index (κ2) is 7.60. The molecule has 0 aromatic heterocycles. The van der Waals surface area contributed by atoms with Gasteiger partial charge in [0.1, 0.15) is 0 Å². The molecule has 9 atom stereocenters. The Morgan fingerprint density at radius 3 is 1.93 bits per heavy atom. The maximum atomic E-state index is 2.81. The Hall–Kier alpha value is -0.563. The Kier molecular flexibility index (Phi) is 5.62. The molecule has 3 fully saturated rings. The molecule has 4 rings (SSSR count). The number of hydrogen-bond donors (Lipinski definition) is 0. The standard InChI is InChI=1S/C27H44Si/c1-17-16-25-23(22-12-9-8-10-13-22)14-11-15-24(25)26(17)28(6,7)27-20(4)18(2)19(3)21(27)5/h8-10,12-13,17-21,23-27H,11,14-16H2,1-7H3. The molecule has 0 saturated heterocycles. The predicted octanol–water partition coefficient (Wildman–Crippen LogP) is 8.23. The van der Waals surface area contributed by atoms with Crippen LogP contribution in [0.5, 0.6) is 0 Å². The summed E-state index contributed by atoms with van der Waals surface area (Å²) in [5, 5.41) is 0. The van der Waals surface area contributed by atoms with Gasteiger partial charge in [-0.1, -0.05) is 90.9 Å². The highest BCUT2D eigenvalue weighted by atomic mass is 28.3. The summed E-state index contributed by atoms with van der Waals surface area (Å²) in [4.78, 5) is 0. The van der Waals surface area contributed by atoms with E-state index in [1.165, 1.54) is 25.7 Å². The first-order valence-corrected chi connectivity index (χ1v) is 15.5. The molecule has 0 heterocycles. The number of benzene rings is 1. The molecule has 0 radical (unpaired) electrons. The van der Waals surface area contributed by atoms with E-state index in [1.807, 2.05) is 0 Å². The predicted molar refractivity (Wildman–Crippen MR) is 125 cm³/mol. The van der Waals surface area contributed by atoms with Gasteiger partial charge >= 0.3 is 0 Å². The highest BCUT2D eigenvalue weighted by Crippen LogP contribution is 2.65. The molecule has 3 aliphatic rings. The van der Waals surface area contributed by atoms with Gasteiger partial charge in [-0.2, -0.15) is 0 Å². The van der Waals surface area contributed by atoms with Crippen molar-refractivity contribution >= 4 is 8.07 Å². The summed E-state index contributed by atoms with van der Waals surface area (Å²) in [6.07, 6.45) is 5.89. The summed E-state index contributed by atoms with van der Waals surface area (Å²) in [6, 6.07) is 11.5. The lowest BCUT2D eigenvalue weighted by Gasteiger charge is -2.47. The van der Waals surface area contributed by atoms with Crippen LogP contribution in [0.1, 0.15) is 71.8 Å². The third-order valence-corrected chi connectivity index (χ3v) is 15.9. The van der Waals surface area contributed by atoms with E-state index < -0.39 is 8.07 Å². The van der Waals surface area contributed by atoms with Gasteiger partial charge in [-0.25, -0.2) is 0 Å². The summed E-state index contributed by atoms with van der Waals surface area (Å²) in [5.41, 5.74) is 3.69. The molecule has 9 unspecified atom stereocenters. The van der Waals surface area contributed by atoms with Crippen LogP contribution in [0.15, 0.2) is 30.3 Å². The Balaban J connectivity index is 1.63. The summed E-state index contributed by atoms with van der Waals surface area (Å²) < 4.78 is 0. The Bertz CT molecular complexity index is 650. The van der Waals surface area contributed by atoms with E-state index in [-0.39, 0.29) is 0 Å². The molecule has 0 bridgehead atoms. The van der Waals surface area contributed by atoms with Gasteiger partial charge in [0, 0.05) is 0 Å². The molecule has 28 heavy (non-hydrogen) atoms. The molecule has 1 aromatic carbocycles. The van der Waals surface area contributed by atoms with Crippen LogP contribution in [0.3, 0.4) is 0 Å². The van der Waals surface area contributed by atoms with Crippen molar-refractivity contribution in [3.05, 3.63) is 35.9 Å². The van der Waals surface area contributed by atoms with E-state index in [4.69, 9.17) is 0 Å². The average Bonchev–Trinajstić information content (AvgIpc) is 3.12. The van der Waals surface area contributed by atoms with Crippen molar-refractivity contribution < 1.29 is 0 Å². The minimum absolute atomic E-state index is 0.827. The Morgan fingerprint density at radius 1 is 0.714 bits per heavy atom. The van der Waals surface area contributed by atoms with Gasteiger partial charge in [-0.05, 0) is 76.8 Å². The first-order chi connectivity index (χ1) is 13.2. The fraction of sp³-hybridized carbons (Fsp3) is 0.778. The molecule has 3 aliphatic carbocycles. The molecule has 156 valence electrons. The van der Waals surface area contributed by atoms with Crippen LogP contribution >= 0.6 is 0 Å². The first-order valence-electron chi connectivity index (χ1n) is 12.3. The topological polar surface area (TPSA) is 0 Å². The first kappa shape index (κ1) is 20.7. The fourth-order valence-corrected chi connectivity index (χ4v) is 16.0. The second-order valence-electron chi connectivity index (χ2n) is 11.8. The van der Waals surface area contributed by atoms with Crippen LogP contribution in [0.2, 0.25) is 24.2 Å². The normalized spacial score (nSPS) is 46.5. The van der Waals surface area contributed by atoms with Crippen LogP contribution in [-0.4, -0.2) is 8.07 Å². The van der Waals surface area contributed by atoms with Gasteiger partial charge in [0.2, 0.25) is 0 Å². The lowest BCUT2D eigenvalue weighted by molar-refractivity contribution is 0.235. The summed E-state index contributed by atoms with van der Waals surface area (Å²) in [5.74, 6) is 7.37. The highest BCUT2D eigenvalue weighted by molar-refractivity contribution is 6.80. The molecular formula is C27H44Si. The third kappa shape index (κ3) is 3.15. The minimum Gasteiger partial charge on any atom is -0.0689 e. The number of hydrogen-bond acceptors (Lipinski definition) is 0. The van der Waals surface area contributed by atoms with Crippen molar-refractivity contribution in [2.24, 2.45) is 41.4 Å². The van der Waals surface area contributed by atoms with E-state index >= 15 is 0 Å². The molecule has 1 aromatic rings. The van der Waals surface area contributed by atoms with E-state index in [1.54, 1.807) is 5.56 Å². The Labute approximate surface area is 175 Å². The van der Waals surface area contributed by atoms with Gasteiger partial charge in [0.25, 0.3) is 0 Å². The summed E-state index contributed by atoms with van der Waals surface area (Å²) in [6.45, 7) is 18.6. The molecule has 0 aliphatic heterocycles. The number of fused-ring (bicyclic) bond motifs is 1. The quantitative estimate of drug-likeness (QED) is 0.451. The van der Waals surface area contributed by atoms with E-state index in [0.29, 0.717) is 0 Å². The van der Waals surface area contributed by atoms with Gasteiger partial charge in [-0.15, -0.1) is 0 Å². The molecule has 0 nitrogen and oxygen atoms in total. The van der Waals surface area contributed by atoms with Crippen molar-refractivity contribution in [3.8, 4) is 0 Å². The van der Waals surface area contributed by atoms with Crippen LogP contribution in [-0.2, 0) is 0 Å². The number of rotatable bonds is 3. The lowest BCUT2D eigenvalue weighted by atomic mass is 9.71. The largest absolute Gasteiger partial charge is 0.0689 e. The minimum atomic E-state index is -1.35. The second-order valence-corrected chi connectivity index (χ2v) is 16.8. The van der Waals surface area contributed by atoms with E-state index in [0.717, 1.165) is 58.4 Å². The van der Waals surface area contributed by atoms with Crippen LogP contribution < -0.4 is 0 Å². The molecule has 0 spiro atoms. The lowest BCUT2D eigenvalue weighted by Crippen LogP contribution is -2.46. The fourth-order valence-electron chi connectivity index (χ4n) is 9.15. The molecular weight excluding hydrogens is 352 g/mol. The van der Waals surface area contributed by atoms with Crippen LogP contribution in [0.25, 0.3) is 0 Å². The third-order valence-electron chi connectivity index (χ3n) is 10.4. The molecule has 0 N–H and O–H groups in total. The van der Waals surface area contributed by atoms with Crippen LogP contribution in [0.4, 0.5) is 0 Å². The maximum Gasteiger partial charge on any atom is 0.0546 e. The van der Waals surface area contributed by atoms with E-state index in [2.05, 4.69) is 78.0 Å². The summed E-state index contributed by atoms with van der Waals surface area (Å²) >= 11 is 0. The smallest absolute Gasteiger partial charge is 0.0546 e. The highest BCUT2D eigenvalue weighted by Gasteiger charge is 2.58. The zero-order valence-electron chi connectivity index (χ0n) is 19.5. The van der Waals surface area contributed by atoms with Crippen molar-refractivity contribution in [1.82, 2.24) is 0 Å². The van der Waals surface area contributed by atoms with Gasteiger partial charge in [0.15, 0.2) is 0 Å². The molecule has 1 heteroatoms. The van der Waals surface area contributed by atoms with Crippen molar-refractivity contribution in [2.45, 2.75) is 90.4 Å². The Morgan fingerprint density at radius 2 is 1.32 bits per heavy atom. The average molecular weight is 397 g/mol. The SMILES string of the molecule is CC1CC2C(c3ccccc3)CCCC2C1[Si](C)(C)C1C(C)C(C)C(C)C1C. The molecule has 0 amide bonds. The van der Waals surface area contributed by atoms with Gasteiger partial charge < -0.3 is 0 Å². The zero-order valence-corrected chi connectivity index (χ0v) is 20.5. The van der Waals surface area contributed by atoms with Gasteiger partial charge in [0.05, 0.1) is 8.07 Å². The summed E-state index contributed by atoms with van der Waals surface area (Å²) in [7, 11) is -1.35. The molecule has 3 saturated carbocycles. The van der Waals surface area contributed by atoms with Gasteiger partial charge in [-0.3, -0.25) is 0 Å². The van der Waals surface area contributed by atoms with Crippen LogP contribution in [0, 0.1) is 41.4 Å². The monoisotopic (exact) mass is 396 g/mol. The van der Waals surface area contributed by atoms with Crippen molar-refractivity contribution in [3.63, 3.8) is 0 Å². The van der Waals surface area contributed by atoms with Crippen molar-refractivity contribution in [2.75, 3.05) is 0 Å².